The zero-order valence-electron chi connectivity index (χ0n) is 12.8. The van der Waals surface area contributed by atoms with Crippen molar-refractivity contribution in [2.45, 2.75) is 27.2 Å². The van der Waals surface area contributed by atoms with Crippen molar-refractivity contribution in [2.75, 3.05) is 13.7 Å². The van der Waals surface area contributed by atoms with Crippen LogP contribution in [0.1, 0.15) is 30.0 Å². The molecule has 0 radical (unpaired) electrons. The first-order chi connectivity index (χ1) is 9.95. The van der Waals surface area contributed by atoms with Gasteiger partial charge < -0.3 is 4.74 Å². The number of likely N-dealkylation sites (N-methyl/N-ethyl adjacent to an activating group) is 1. The standard InChI is InChI=1S/C16H20N2O3/c1-5-8-21-14-7-6-12(10(2)11(14)3)9-13-15(19)17-18(4)16(13)20/h6-7,9H,5,8H2,1-4H3,(H,17,19). The molecule has 0 unspecified atom stereocenters. The van der Waals surface area contributed by atoms with Crippen LogP contribution in [0.25, 0.3) is 6.08 Å². The maximum Gasteiger partial charge on any atom is 0.277 e. The molecule has 21 heavy (non-hydrogen) atoms. The quantitative estimate of drug-likeness (QED) is 0.681. The van der Waals surface area contributed by atoms with Crippen LogP contribution in [0.3, 0.4) is 0 Å². The SMILES string of the molecule is CCCOc1ccc(C=C2C(=O)NN(C)C2=O)c(C)c1C. The molecule has 1 heterocycles. The molecule has 0 aliphatic carbocycles. The number of hydrogen-bond acceptors (Lipinski definition) is 3. The molecule has 1 N–H and O–H groups in total. The minimum Gasteiger partial charge on any atom is -0.493 e. The van der Waals surface area contributed by atoms with Gasteiger partial charge >= 0.3 is 0 Å². The zero-order chi connectivity index (χ0) is 15.6. The van der Waals surface area contributed by atoms with Gasteiger partial charge in [0.2, 0.25) is 0 Å². The summed E-state index contributed by atoms with van der Waals surface area (Å²) < 4.78 is 5.68. The van der Waals surface area contributed by atoms with Gasteiger partial charge in [0.05, 0.1) is 6.61 Å². The van der Waals surface area contributed by atoms with E-state index in [0.717, 1.165) is 28.9 Å². The smallest absolute Gasteiger partial charge is 0.277 e. The molecule has 5 nitrogen and oxygen atoms in total. The fourth-order valence-electron chi connectivity index (χ4n) is 2.17. The molecule has 1 aliphatic rings. The number of rotatable bonds is 4. The van der Waals surface area contributed by atoms with Gasteiger partial charge in [-0.25, -0.2) is 0 Å². The van der Waals surface area contributed by atoms with Crippen LogP contribution in [0.15, 0.2) is 17.7 Å². The van der Waals surface area contributed by atoms with Crippen molar-refractivity contribution in [1.82, 2.24) is 10.4 Å². The van der Waals surface area contributed by atoms with E-state index in [2.05, 4.69) is 12.3 Å². The predicted octanol–water partition coefficient (Wildman–Crippen LogP) is 1.98. The number of hydrazine groups is 1. The lowest BCUT2D eigenvalue weighted by atomic mass is 10.00. The minimum atomic E-state index is -0.370. The van der Waals surface area contributed by atoms with Crippen LogP contribution >= 0.6 is 0 Å². The number of nitrogens with one attached hydrogen (secondary N) is 1. The first kappa shape index (κ1) is 15.1. The van der Waals surface area contributed by atoms with Gasteiger partial charge in [0.15, 0.2) is 0 Å². The summed E-state index contributed by atoms with van der Waals surface area (Å²) in [7, 11) is 1.53. The maximum absolute atomic E-state index is 11.9. The van der Waals surface area contributed by atoms with E-state index in [0.29, 0.717) is 6.61 Å². The summed E-state index contributed by atoms with van der Waals surface area (Å²) in [6.07, 6.45) is 2.58. The van der Waals surface area contributed by atoms with E-state index in [1.54, 1.807) is 6.08 Å². The normalized spacial score (nSPS) is 16.6. The lowest BCUT2D eigenvalue weighted by Crippen LogP contribution is -2.31. The van der Waals surface area contributed by atoms with Crippen molar-refractivity contribution >= 4 is 17.9 Å². The molecule has 0 aromatic heterocycles. The highest BCUT2D eigenvalue weighted by Gasteiger charge is 2.30. The lowest BCUT2D eigenvalue weighted by molar-refractivity contribution is -0.126. The van der Waals surface area contributed by atoms with Crippen molar-refractivity contribution in [3.8, 4) is 5.75 Å². The van der Waals surface area contributed by atoms with Crippen LogP contribution in [-0.4, -0.2) is 30.5 Å². The van der Waals surface area contributed by atoms with Gasteiger partial charge in [0.1, 0.15) is 11.3 Å². The molecule has 1 aromatic rings. The van der Waals surface area contributed by atoms with E-state index in [9.17, 15) is 9.59 Å². The Labute approximate surface area is 124 Å². The summed E-state index contributed by atoms with van der Waals surface area (Å²) in [5.41, 5.74) is 5.50. The number of ether oxygens (including phenoxy) is 1. The van der Waals surface area contributed by atoms with Crippen LogP contribution in [0.5, 0.6) is 5.75 Å². The van der Waals surface area contributed by atoms with Gasteiger partial charge in [-0.15, -0.1) is 0 Å². The third kappa shape index (κ3) is 2.91. The first-order valence-electron chi connectivity index (χ1n) is 6.99. The molecular formula is C16H20N2O3. The first-order valence-corrected chi connectivity index (χ1v) is 6.99. The lowest BCUT2D eigenvalue weighted by Gasteiger charge is -2.12. The van der Waals surface area contributed by atoms with Gasteiger partial charge in [-0.3, -0.25) is 20.0 Å². The summed E-state index contributed by atoms with van der Waals surface area (Å²) >= 11 is 0. The Morgan fingerprint density at radius 3 is 2.52 bits per heavy atom. The van der Waals surface area contributed by atoms with Crippen molar-refractivity contribution in [1.29, 1.82) is 0 Å². The van der Waals surface area contributed by atoms with Crippen molar-refractivity contribution in [3.63, 3.8) is 0 Å². The number of amides is 2. The maximum atomic E-state index is 11.9. The van der Waals surface area contributed by atoms with E-state index < -0.39 is 0 Å². The second-order valence-electron chi connectivity index (χ2n) is 5.11. The molecule has 112 valence electrons. The molecule has 2 rings (SSSR count). The third-order valence-corrected chi connectivity index (χ3v) is 3.59. The fourth-order valence-corrected chi connectivity index (χ4v) is 2.17. The number of benzene rings is 1. The number of nitrogens with zero attached hydrogens (tertiary/aromatic N) is 1. The van der Waals surface area contributed by atoms with Crippen molar-refractivity contribution < 1.29 is 14.3 Å². The summed E-state index contributed by atoms with van der Waals surface area (Å²) in [4.78, 5) is 23.6. The molecule has 1 saturated heterocycles. The van der Waals surface area contributed by atoms with Gasteiger partial charge in [-0.05, 0) is 49.1 Å². The molecule has 1 aliphatic heterocycles. The second-order valence-corrected chi connectivity index (χ2v) is 5.11. The van der Waals surface area contributed by atoms with Gasteiger partial charge in [-0.2, -0.15) is 0 Å². The topological polar surface area (TPSA) is 58.6 Å². The van der Waals surface area contributed by atoms with Crippen molar-refractivity contribution in [3.05, 3.63) is 34.4 Å². The molecule has 0 saturated carbocycles. The second kappa shape index (κ2) is 5.99. The van der Waals surface area contributed by atoms with E-state index in [4.69, 9.17) is 4.74 Å². The minimum absolute atomic E-state index is 0.155. The van der Waals surface area contributed by atoms with Gasteiger partial charge in [0.25, 0.3) is 11.8 Å². The zero-order valence-corrected chi connectivity index (χ0v) is 12.8. The Hall–Kier alpha value is -2.30. The molecule has 0 spiro atoms. The largest absolute Gasteiger partial charge is 0.493 e. The van der Waals surface area contributed by atoms with E-state index in [1.807, 2.05) is 26.0 Å². The summed E-state index contributed by atoms with van der Waals surface area (Å²) in [6.45, 7) is 6.67. The Morgan fingerprint density at radius 1 is 1.24 bits per heavy atom. The number of carbonyl (C=O) groups excluding carboxylic acids is 2. The summed E-state index contributed by atoms with van der Waals surface area (Å²) in [5.74, 6) is 0.157. The van der Waals surface area contributed by atoms with Crippen LogP contribution < -0.4 is 10.2 Å². The number of carbonyl (C=O) groups is 2. The average Bonchev–Trinajstić information content (AvgIpc) is 2.69. The predicted molar refractivity (Wildman–Crippen MR) is 80.6 cm³/mol. The Balaban J connectivity index is 2.36. The van der Waals surface area contributed by atoms with Crippen LogP contribution in [0.2, 0.25) is 0 Å². The molecule has 0 atom stereocenters. The molecule has 1 aromatic carbocycles. The molecule has 5 heteroatoms. The highest BCUT2D eigenvalue weighted by molar-refractivity contribution is 6.25. The van der Waals surface area contributed by atoms with E-state index >= 15 is 0 Å². The highest BCUT2D eigenvalue weighted by atomic mass is 16.5. The van der Waals surface area contributed by atoms with Crippen LogP contribution in [0.4, 0.5) is 0 Å². The number of hydrogen-bond donors (Lipinski definition) is 1. The molecule has 1 fully saturated rings. The van der Waals surface area contributed by atoms with E-state index in [1.165, 1.54) is 12.1 Å². The van der Waals surface area contributed by atoms with Gasteiger partial charge in [-0.1, -0.05) is 13.0 Å². The highest BCUT2D eigenvalue weighted by Crippen LogP contribution is 2.26. The molecule has 2 amide bonds. The van der Waals surface area contributed by atoms with E-state index in [-0.39, 0.29) is 17.4 Å². The summed E-state index contributed by atoms with van der Waals surface area (Å²) in [6, 6.07) is 3.75. The average molecular weight is 288 g/mol. The third-order valence-electron chi connectivity index (χ3n) is 3.59. The van der Waals surface area contributed by atoms with Crippen LogP contribution in [-0.2, 0) is 9.59 Å². The monoisotopic (exact) mass is 288 g/mol. The summed E-state index contributed by atoms with van der Waals surface area (Å²) in [5, 5.41) is 1.19. The Bertz CT molecular complexity index is 620. The van der Waals surface area contributed by atoms with Crippen molar-refractivity contribution in [2.24, 2.45) is 0 Å². The molecular weight excluding hydrogens is 268 g/mol. The fraction of sp³-hybridized carbons (Fsp3) is 0.375. The molecule has 0 bridgehead atoms. The van der Waals surface area contributed by atoms with Crippen LogP contribution in [0, 0.1) is 13.8 Å². The van der Waals surface area contributed by atoms with Gasteiger partial charge in [0, 0.05) is 7.05 Å². The Kier molecular flexibility index (Phi) is 4.31. The Morgan fingerprint density at radius 2 is 1.95 bits per heavy atom.